The molecule has 0 saturated carbocycles. The Hall–Kier alpha value is -2.01. The third-order valence-corrected chi connectivity index (χ3v) is 3.25. The van der Waals surface area contributed by atoms with Gasteiger partial charge in [0.2, 0.25) is 0 Å². The van der Waals surface area contributed by atoms with Crippen LogP contribution in [0.3, 0.4) is 0 Å². The first-order valence-electron chi connectivity index (χ1n) is 6.09. The van der Waals surface area contributed by atoms with Crippen LogP contribution in [0.2, 0.25) is 0 Å². The van der Waals surface area contributed by atoms with Gasteiger partial charge < -0.3 is 14.7 Å². The van der Waals surface area contributed by atoms with Gasteiger partial charge in [0.05, 0.1) is 19.4 Å². The number of nitrogens with zero attached hydrogens (tertiary/aromatic N) is 3. The van der Waals surface area contributed by atoms with Crippen molar-refractivity contribution in [2.24, 2.45) is 7.05 Å². The smallest absolute Gasteiger partial charge is 0.136 e. The molecule has 2 aromatic rings. The van der Waals surface area contributed by atoms with Gasteiger partial charge in [0, 0.05) is 25.3 Å². The number of ether oxygens (including phenoxy) is 1. The summed E-state index contributed by atoms with van der Waals surface area (Å²) in [4.78, 5) is 2.00. The first-order valence-corrected chi connectivity index (χ1v) is 6.09. The first-order chi connectivity index (χ1) is 9.08. The SMILES string of the molecule is COc1ccc(N(C)c2c(CO)c(C)nn2C)cc1. The van der Waals surface area contributed by atoms with Crippen LogP contribution < -0.4 is 9.64 Å². The van der Waals surface area contributed by atoms with Crippen molar-refractivity contribution in [1.29, 1.82) is 0 Å². The van der Waals surface area contributed by atoms with Crippen LogP contribution in [-0.4, -0.2) is 29.0 Å². The summed E-state index contributed by atoms with van der Waals surface area (Å²) >= 11 is 0. The van der Waals surface area contributed by atoms with Crippen molar-refractivity contribution in [2.45, 2.75) is 13.5 Å². The zero-order valence-corrected chi connectivity index (χ0v) is 11.7. The molecule has 0 amide bonds. The molecule has 0 atom stereocenters. The second-order valence-corrected chi connectivity index (χ2v) is 4.43. The zero-order chi connectivity index (χ0) is 14.0. The first kappa shape index (κ1) is 13.4. The lowest BCUT2D eigenvalue weighted by atomic mass is 10.2. The second-order valence-electron chi connectivity index (χ2n) is 4.43. The van der Waals surface area contributed by atoms with Crippen LogP contribution in [-0.2, 0) is 13.7 Å². The maximum Gasteiger partial charge on any atom is 0.136 e. The number of hydrogen-bond donors (Lipinski definition) is 1. The highest BCUT2D eigenvalue weighted by atomic mass is 16.5. The van der Waals surface area contributed by atoms with Crippen molar-refractivity contribution in [3.05, 3.63) is 35.5 Å². The molecule has 0 unspecified atom stereocenters. The molecule has 5 nitrogen and oxygen atoms in total. The minimum atomic E-state index is -0.0184. The largest absolute Gasteiger partial charge is 0.497 e. The molecule has 0 aliphatic rings. The Balaban J connectivity index is 2.40. The van der Waals surface area contributed by atoms with Crippen molar-refractivity contribution in [1.82, 2.24) is 9.78 Å². The standard InChI is InChI=1S/C14H19N3O2/c1-10-13(9-18)14(17(3)15-10)16(2)11-5-7-12(19-4)8-6-11/h5-8,18H,9H2,1-4H3. The Labute approximate surface area is 113 Å². The normalized spacial score (nSPS) is 10.6. The van der Waals surface area contributed by atoms with Crippen LogP contribution in [0.4, 0.5) is 11.5 Å². The molecule has 0 radical (unpaired) electrons. The Morgan fingerprint density at radius 3 is 2.47 bits per heavy atom. The van der Waals surface area contributed by atoms with Gasteiger partial charge in [-0.1, -0.05) is 0 Å². The van der Waals surface area contributed by atoms with E-state index in [2.05, 4.69) is 5.10 Å². The van der Waals surface area contributed by atoms with Gasteiger partial charge in [0.1, 0.15) is 11.6 Å². The third kappa shape index (κ3) is 2.42. The van der Waals surface area contributed by atoms with Crippen molar-refractivity contribution >= 4 is 11.5 Å². The van der Waals surface area contributed by atoms with E-state index in [-0.39, 0.29) is 6.61 Å². The van der Waals surface area contributed by atoms with Gasteiger partial charge >= 0.3 is 0 Å². The fourth-order valence-corrected chi connectivity index (χ4v) is 2.22. The van der Waals surface area contributed by atoms with Gasteiger partial charge in [-0.25, -0.2) is 0 Å². The predicted molar refractivity (Wildman–Crippen MR) is 74.9 cm³/mol. The summed E-state index contributed by atoms with van der Waals surface area (Å²) in [6, 6.07) is 7.77. The Bertz CT molecular complexity index is 561. The maximum atomic E-state index is 9.49. The average Bonchev–Trinajstić information content (AvgIpc) is 2.72. The summed E-state index contributed by atoms with van der Waals surface area (Å²) in [6.45, 7) is 1.88. The van der Waals surface area contributed by atoms with E-state index in [0.717, 1.165) is 28.5 Å². The van der Waals surface area contributed by atoms with Gasteiger partial charge in [0.15, 0.2) is 0 Å². The number of anilines is 2. The van der Waals surface area contributed by atoms with E-state index >= 15 is 0 Å². The van der Waals surface area contributed by atoms with Crippen LogP contribution in [0.5, 0.6) is 5.75 Å². The molecule has 1 aromatic carbocycles. The predicted octanol–water partition coefficient (Wildman–Crippen LogP) is 2.00. The highest BCUT2D eigenvalue weighted by molar-refractivity contribution is 5.64. The average molecular weight is 261 g/mol. The van der Waals surface area contributed by atoms with E-state index in [1.807, 2.05) is 50.2 Å². The topological polar surface area (TPSA) is 50.5 Å². The molecular formula is C14H19N3O2. The molecule has 0 saturated heterocycles. The number of methoxy groups -OCH3 is 1. The van der Waals surface area contributed by atoms with Gasteiger partial charge in [-0.3, -0.25) is 4.68 Å². The number of rotatable bonds is 4. The molecule has 0 spiro atoms. The van der Waals surface area contributed by atoms with Crippen molar-refractivity contribution in [3.8, 4) is 5.75 Å². The van der Waals surface area contributed by atoms with Gasteiger partial charge in [-0.2, -0.15) is 5.10 Å². The molecule has 2 rings (SSSR count). The minimum absolute atomic E-state index is 0.0184. The minimum Gasteiger partial charge on any atom is -0.497 e. The molecular weight excluding hydrogens is 242 g/mol. The maximum absolute atomic E-state index is 9.49. The fraction of sp³-hybridized carbons (Fsp3) is 0.357. The van der Waals surface area contributed by atoms with Crippen LogP contribution in [0, 0.1) is 6.92 Å². The van der Waals surface area contributed by atoms with Gasteiger partial charge in [-0.15, -0.1) is 0 Å². The van der Waals surface area contributed by atoms with Gasteiger partial charge in [-0.05, 0) is 31.2 Å². The van der Waals surface area contributed by atoms with E-state index in [9.17, 15) is 5.11 Å². The van der Waals surface area contributed by atoms with Crippen LogP contribution in [0.1, 0.15) is 11.3 Å². The number of aryl methyl sites for hydroxylation is 2. The summed E-state index contributed by atoms with van der Waals surface area (Å²) in [7, 11) is 5.48. The lowest BCUT2D eigenvalue weighted by molar-refractivity contribution is 0.281. The molecule has 5 heteroatoms. The molecule has 0 fully saturated rings. The van der Waals surface area contributed by atoms with Crippen LogP contribution >= 0.6 is 0 Å². The van der Waals surface area contributed by atoms with Crippen LogP contribution in [0.15, 0.2) is 24.3 Å². The highest BCUT2D eigenvalue weighted by Crippen LogP contribution is 2.29. The highest BCUT2D eigenvalue weighted by Gasteiger charge is 2.17. The van der Waals surface area contributed by atoms with Gasteiger partial charge in [0.25, 0.3) is 0 Å². The summed E-state index contributed by atoms with van der Waals surface area (Å²) in [5.41, 5.74) is 2.71. The molecule has 1 heterocycles. The lowest BCUT2D eigenvalue weighted by Crippen LogP contribution is -2.15. The molecule has 0 aliphatic carbocycles. The van der Waals surface area contributed by atoms with E-state index in [0.29, 0.717) is 0 Å². The monoisotopic (exact) mass is 261 g/mol. The number of aromatic nitrogens is 2. The number of hydrogen-bond acceptors (Lipinski definition) is 4. The molecule has 1 aromatic heterocycles. The van der Waals surface area contributed by atoms with Crippen molar-refractivity contribution in [3.63, 3.8) is 0 Å². The molecule has 19 heavy (non-hydrogen) atoms. The zero-order valence-electron chi connectivity index (χ0n) is 11.7. The summed E-state index contributed by atoms with van der Waals surface area (Å²) in [6.07, 6.45) is 0. The van der Waals surface area contributed by atoms with E-state index in [1.54, 1.807) is 11.8 Å². The van der Waals surface area contributed by atoms with Crippen molar-refractivity contribution < 1.29 is 9.84 Å². The van der Waals surface area contributed by atoms with E-state index in [1.165, 1.54) is 0 Å². The molecule has 1 N–H and O–H groups in total. The second kappa shape index (κ2) is 5.32. The van der Waals surface area contributed by atoms with Crippen molar-refractivity contribution in [2.75, 3.05) is 19.1 Å². The fourth-order valence-electron chi connectivity index (χ4n) is 2.22. The number of aliphatic hydroxyl groups excluding tert-OH is 1. The Morgan fingerprint density at radius 2 is 1.95 bits per heavy atom. The Morgan fingerprint density at radius 1 is 1.32 bits per heavy atom. The summed E-state index contributed by atoms with van der Waals surface area (Å²) in [5, 5.41) is 13.8. The Kier molecular flexibility index (Phi) is 3.76. The van der Waals surface area contributed by atoms with Crippen LogP contribution in [0.25, 0.3) is 0 Å². The van der Waals surface area contributed by atoms with E-state index in [4.69, 9.17) is 4.74 Å². The van der Waals surface area contributed by atoms with E-state index < -0.39 is 0 Å². The lowest BCUT2D eigenvalue weighted by Gasteiger charge is -2.21. The molecule has 0 aliphatic heterocycles. The number of benzene rings is 1. The quantitative estimate of drug-likeness (QED) is 0.914. The summed E-state index contributed by atoms with van der Waals surface area (Å²) in [5.74, 6) is 1.71. The third-order valence-electron chi connectivity index (χ3n) is 3.25. The number of aliphatic hydroxyl groups is 1. The summed E-state index contributed by atoms with van der Waals surface area (Å²) < 4.78 is 6.93. The molecule has 102 valence electrons. The molecule has 0 bridgehead atoms.